The van der Waals surface area contributed by atoms with E-state index in [9.17, 15) is 23.1 Å². The van der Waals surface area contributed by atoms with Crippen molar-refractivity contribution >= 4 is 22.7 Å². The summed E-state index contributed by atoms with van der Waals surface area (Å²) in [6.45, 7) is 5.04. The maximum absolute atomic E-state index is 13.2. The van der Waals surface area contributed by atoms with Crippen LogP contribution in [0.4, 0.5) is 4.79 Å². The first-order valence-electron chi connectivity index (χ1n) is 12.3. The van der Waals surface area contributed by atoms with E-state index in [0.717, 1.165) is 11.1 Å². The van der Waals surface area contributed by atoms with Gasteiger partial charge in [0.25, 0.3) is 5.91 Å². The van der Waals surface area contributed by atoms with Gasteiger partial charge in [-0.05, 0) is 50.5 Å². The summed E-state index contributed by atoms with van der Waals surface area (Å²) in [6, 6.07) is 17.6. The standard InChI is InChI=1S/C28H35N3O6S/c1-27(2,3)30-25(33)28(38(35)36)16-10-11-17-31(28)19-24(32)23(18-21-12-6-4-7-13-21)29-26(34)37-20-22-14-8-5-9-15-22/h4-17,23-24,32,38H,18-20H2,1-3H3,(H,29,34)(H,30,33)/t23?,24?,28-/m0/s1. The number of nitrogens with zero attached hydrogens (tertiary/aromatic N) is 1. The highest BCUT2D eigenvalue weighted by molar-refractivity contribution is 7.75. The van der Waals surface area contributed by atoms with Gasteiger partial charge in [-0.1, -0.05) is 66.7 Å². The number of ether oxygens (including phenoxy) is 1. The zero-order valence-corrected chi connectivity index (χ0v) is 22.6. The summed E-state index contributed by atoms with van der Waals surface area (Å²) in [5.41, 5.74) is 0.969. The van der Waals surface area contributed by atoms with Crippen LogP contribution >= 0.6 is 0 Å². The number of aliphatic hydroxyl groups is 1. The van der Waals surface area contributed by atoms with Gasteiger partial charge in [0.05, 0.1) is 12.1 Å². The lowest BCUT2D eigenvalue weighted by atomic mass is 9.99. The number of thiol groups is 1. The van der Waals surface area contributed by atoms with Crippen molar-refractivity contribution in [1.82, 2.24) is 15.5 Å². The predicted octanol–water partition coefficient (Wildman–Crippen LogP) is 2.49. The molecule has 2 aromatic rings. The second-order valence-electron chi connectivity index (χ2n) is 10.1. The minimum atomic E-state index is -3.33. The Morgan fingerprint density at radius 1 is 1.00 bits per heavy atom. The second kappa shape index (κ2) is 12.7. The Morgan fingerprint density at radius 3 is 2.18 bits per heavy atom. The van der Waals surface area contributed by atoms with Gasteiger partial charge in [0.1, 0.15) is 6.61 Å². The Bertz CT molecular complexity index is 1220. The number of carbonyl (C=O) groups is 2. The van der Waals surface area contributed by atoms with E-state index in [0.29, 0.717) is 0 Å². The number of β-amino-alcohol motifs (C(OH)–C–C–N with tert-alkyl or cyclic N) is 1. The molecule has 2 aromatic carbocycles. The molecule has 1 aliphatic heterocycles. The number of hydrogen-bond acceptors (Lipinski definition) is 7. The third-order valence-corrected chi connectivity index (χ3v) is 7.07. The zero-order chi connectivity index (χ0) is 27.8. The van der Waals surface area contributed by atoms with Crippen molar-refractivity contribution in [1.29, 1.82) is 0 Å². The lowest BCUT2D eigenvalue weighted by Gasteiger charge is -2.40. The van der Waals surface area contributed by atoms with Crippen molar-refractivity contribution in [2.75, 3.05) is 6.54 Å². The Labute approximate surface area is 225 Å². The summed E-state index contributed by atoms with van der Waals surface area (Å²) in [6.07, 6.45) is 4.07. The second-order valence-corrected chi connectivity index (χ2v) is 11.3. The van der Waals surface area contributed by atoms with E-state index in [1.54, 1.807) is 26.8 Å². The molecule has 0 aromatic heterocycles. The maximum atomic E-state index is 13.2. The quantitative estimate of drug-likeness (QED) is 0.341. The van der Waals surface area contributed by atoms with Gasteiger partial charge in [0.15, 0.2) is 10.7 Å². The van der Waals surface area contributed by atoms with Crippen molar-refractivity contribution < 1.29 is 27.9 Å². The van der Waals surface area contributed by atoms with Gasteiger partial charge in [-0.2, -0.15) is 0 Å². The van der Waals surface area contributed by atoms with Gasteiger partial charge >= 0.3 is 6.09 Å². The molecule has 204 valence electrons. The summed E-state index contributed by atoms with van der Waals surface area (Å²) in [4.78, 5) is 25.1. The van der Waals surface area contributed by atoms with Crippen molar-refractivity contribution in [2.45, 2.75) is 56.4 Å². The van der Waals surface area contributed by atoms with Crippen LogP contribution in [0, 0.1) is 0 Å². The number of aliphatic hydroxyl groups excluding tert-OH is 1. The first-order chi connectivity index (χ1) is 18.0. The van der Waals surface area contributed by atoms with Crippen LogP contribution in [0.25, 0.3) is 0 Å². The molecule has 2 amide bonds. The number of amides is 2. The molecule has 3 rings (SSSR count). The molecule has 0 aliphatic carbocycles. The molecule has 1 heterocycles. The largest absolute Gasteiger partial charge is 0.445 e. The summed E-state index contributed by atoms with van der Waals surface area (Å²) in [5.74, 6) is -0.733. The van der Waals surface area contributed by atoms with Crippen molar-refractivity contribution in [3.8, 4) is 0 Å². The molecular formula is C28H35N3O6S. The van der Waals surface area contributed by atoms with Crippen molar-refractivity contribution in [3.63, 3.8) is 0 Å². The highest BCUT2D eigenvalue weighted by Crippen LogP contribution is 2.26. The van der Waals surface area contributed by atoms with Crippen LogP contribution in [0.15, 0.2) is 85.1 Å². The van der Waals surface area contributed by atoms with E-state index in [4.69, 9.17) is 4.74 Å². The highest BCUT2D eigenvalue weighted by atomic mass is 32.2. The van der Waals surface area contributed by atoms with Gasteiger partial charge in [0.2, 0.25) is 4.87 Å². The Kier molecular flexibility index (Phi) is 9.71. The average molecular weight is 542 g/mol. The van der Waals surface area contributed by atoms with Crippen LogP contribution in [0.3, 0.4) is 0 Å². The molecule has 3 N–H and O–H groups in total. The van der Waals surface area contributed by atoms with Crippen LogP contribution in [-0.2, 0) is 33.3 Å². The van der Waals surface area contributed by atoms with Crippen molar-refractivity contribution in [3.05, 3.63) is 96.2 Å². The Hall–Kier alpha value is -3.63. The first-order valence-corrected chi connectivity index (χ1v) is 13.5. The fourth-order valence-electron chi connectivity index (χ4n) is 4.04. The number of nitrogens with one attached hydrogen (secondary N) is 2. The van der Waals surface area contributed by atoms with E-state index in [-0.39, 0.29) is 19.6 Å². The van der Waals surface area contributed by atoms with Gasteiger partial charge in [-0.25, -0.2) is 13.2 Å². The van der Waals surface area contributed by atoms with Crippen LogP contribution in [0.2, 0.25) is 0 Å². The van der Waals surface area contributed by atoms with E-state index < -0.39 is 45.3 Å². The molecule has 0 saturated carbocycles. The lowest BCUT2D eigenvalue weighted by Crippen LogP contribution is -2.62. The van der Waals surface area contributed by atoms with Gasteiger partial charge in [-0.15, -0.1) is 0 Å². The predicted molar refractivity (Wildman–Crippen MR) is 146 cm³/mol. The van der Waals surface area contributed by atoms with E-state index in [1.807, 2.05) is 60.7 Å². The third-order valence-electron chi connectivity index (χ3n) is 5.91. The number of allylic oxidation sites excluding steroid dienone is 2. The van der Waals surface area contributed by atoms with E-state index in [1.165, 1.54) is 23.3 Å². The van der Waals surface area contributed by atoms with Crippen LogP contribution in [0.5, 0.6) is 0 Å². The molecule has 2 unspecified atom stereocenters. The SMILES string of the molecule is CC(C)(C)NC(=O)[C@@]1([SH](=O)=O)C=CC=CN1CC(O)C(Cc1ccccc1)NC(=O)OCc1ccccc1. The Morgan fingerprint density at radius 2 is 1.61 bits per heavy atom. The van der Waals surface area contributed by atoms with Crippen LogP contribution in [-0.4, -0.2) is 59.5 Å². The van der Waals surface area contributed by atoms with Crippen molar-refractivity contribution in [2.24, 2.45) is 0 Å². The minimum absolute atomic E-state index is 0.0488. The Balaban J connectivity index is 1.81. The molecule has 3 atom stereocenters. The minimum Gasteiger partial charge on any atom is -0.445 e. The van der Waals surface area contributed by atoms with E-state index >= 15 is 0 Å². The zero-order valence-electron chi connectivity index (χ0n) is 21.7. The number of alkyl carbamates (subject to hydrolysis) is 1. The first kappa shape index (κ1) is 28.9. The number of carbonyl (C=O) groups excluding carboxylic acids is 2. The average Bonchev–Trinajstić information content (AvgIpc) is 2.87. The fourth-order valence-corrected chi connectivity index (χ4v) is 4.82. The fraction of sp³-hybridized carbons (Fsp3) is 0.357. The van der Waals surface area contributed by atoms with Gasteiger partial charge in [-0.3, -0.25) is 4.79 Å². The number of benzene rings is 2. The molecule has 9 nitrogen and oxygen atoms in total. The monoisotopic (exact) mass is 541 g/mol. The molecule has 0 spiro atoms. The summed E-state index contributed by atoms with van der Waals surface area (Å²) in [7, 11) is -3.33. The topological polar surface area (TPSA) is 125 Å². The summed E-state index contributed by atoms with van der Waals surface area (Å²) >= 11 is 0. The maximum Gasteiger partial charge on any atom is 0.407 e. The number of rotatable bonds is 10. The smallest absolute Gasteiger partial charge is 0.407 e. The molecular weight excluding hydrogens is 506 g/mol. The normalized spacial score (nSPS) is 18.6. The third kappa shape index (κ3) is 7.69. The molecule has 38 heavy (non-hydrogen) atoms. The number of hydrogen-bond donors (Lipinski definition) is 4. The molecule has 1 aliphatic rings. The summed E-state index contributed by atoms with van der Waals surface area (Å²) < 4.78 is 30.4. The lowest BCUT2D eigenvalue weighted by molar-refractivity contribution is -0.127. The van der Waals surface area contributed by atoms with Crippen LogP contribution in [0.1, 0.15) is 31.9 Å². The highest BCUT2D eigenvalue weighted by Gasteiger charge is 2.47. The van der Waals surface area contributed by atoms with Gasteiger partial charge < -0.3 is 25.4 Å². The molecule has 0 radical (unpaired) electrons. The molecule has 0 saturated heterocycles. The molecule has 10 heteroatoms. The molecule has 0 bridgehead atoms. The molecule has 0 fully saturated rings. The van der Waals surface area contributed by atoms with Gasteiger partial charge in [0, 0.05) is 18.3 Å². The van der Waals surface area contributed by atoms with Crippen LogP contribution < -0.4 is 10.6 Å². The summed E-state index contributed by atoms with van der Waals surface area (Å²) in [5, 5.41) is 16.7. The van der Waals surface area contributed by atoms with E-state index in [2.05, 4.69) is 10.6 Å².